The number of aromatic nitrogens is 2. The summed E-state index contributed by atoms with van der Waals surface area (Å²) in [5, 5.41) is 4.05. The van der Waals surface area contributed by atoms with Crippen molar-refractivity contribution < 1.29 is 23.2 Å². The Morgan fingerprint density at radius 2 is 1.90 bits per heavy atom. The second kappa shape index (κ2) is 9.59. The molecule has 0 bridgehead atoms. The van der Waals surface area contributed by atoms with Crippen molar-refractivity contribution in [3.63, 3.8) is 0 Å². The second-order valence-electron chi connectivity index (χ2n) is 7.46. The molecular formula is C23H24FN3O4. The zero-order chi connectivity index (χ0) is 21.6. The summed E-state index contributed by atoms with van der Waals surface area (Å²) in [6.07, 6.45) is 1.95. The molecule has 0 N–H and O–H groups in total. The lowest BCUT2D eigenvalue weighted by molar-refractivity contribution is -0.130. The Labute approximate surface area is 179 Å². The fourth-order valence-corrected chi connectivity index (χ4v) is 3.57. The maximum atomic E-state index is 12.9. The fourth-order valence-electron chi connectivity index (χ4n) is 3.57. The smallest absolute Gasteiger partial charge is 0.264 e. The molecule has 31 heavy (non-hydrogen) atoms. The van der Waals surface area contributed by atoms with Crippen molar-refractivity contribution in [2.75, 3.05) is 20.2 Å². The van der Waals surface area contributed by atoms with E-state index in [4.69, 9.17) is 14.0 Å². The van der Waals surface area contributed by atoms with Crippen LogP contribution < -0.4 is 9.47 Å². The van der Waals surface area contributed by atoms with Gasteiger partial charge >= 0.3 is 0 Å². The Balaban J connectivity index is 1.25. The second-order valence-corrected chi connectivity index (χ2v) is 7.46. The van der Waals surface area contributed by atoms with Crippen molar-refractivity contribution >= 4 is 5.91 Å². The molecule has 2 heterocycles. The van der Waals surface area contributed by atoms with Crippen LogP contribution in [0.25, 0.3) is 0 Å². The van der Waals surface area contributed by atoms with E-state index in [0.29, 0.717) is 43.4 Å². The van der Waals surface area contributed by atoms with Crippen LogP contribution >= 0.6 is 0 Å². The maximum absolute atomic E-state index is 12.9. The highest BCUT2D eigenvalue weighted by Crippen LogP contribution is 2.26. The van der Waals surface area contributed by atoms with Crippen molar-refractivity contribution in [1.29, 1.82) is 0 Å². The van der Waals surface area contributed by atoms with E-state index < -0.39 is 0 Å². The summed E-state index contributed by atoms with van der Waals surface area (Å²) in [6, 6.07) is 13.5. The van der Waals surface area contributed by atoms with Gasteiger partial charge in [0.1, 0.15) is 17.3 Å². The van der Waals surface area contributed by atoms with Gasteiger partial charge in [-0.15, -0.1) is 0 Å². The van der Waals surface area contributed by atoms with E-state index in [1.54, 1.807) is 19.2 Å². The van der Waals surface area contributed by atoms with E-state index in [9.17, 15) is 9.18 Å². The Hall–Kier alpha value is -3.42. The molecule has 4 rings (SSSR count). The number of hydrogen-bond acceptors (Lipinski definition) is 6. The molecule has 0 radical (unpaired) electrons. The molecule has 1 amide bonds. The highest BCUT2D eigenvalue weighted by Gasteiger charge is 2.30. The zero-order valence-electron chi connectivity index (χ0n) is 17.3. The summed E-state index contributed by atoms with van der Waals surface area (Å²) in [5.41, 5.74) is 1.11. The number of hydrogen-bond donors (Lipinski definition) is 0. The predicted molar refractivity (Wildman–Crippen MR) is 110 cm³/mol. The van der Waals surface area contributed by atoms with Gasteiger partial charge in [-0.25, -0.2) is 4.39 Å². The first-order valence-electron chi connectivity index (χ1n) is 10.2. The molecular weight excluding hydrogens is 401 g/mol. The third kappa shape index (κ3) is 5.39. The number of methoxy groups -OCH3 is 1. The SMILES string of the molecule is COc1ccc(CCC(=O)N2CCC(c3noc(COc4ccc(F)cc4)n3)C2)cc1. The van der Waals surface area contributed by atoms with Gasteiger partial charge in [-0.05, 0) is 54.8 Å². The van der Waals surface area contributed by atoms with E-state index in [0.717, 1.165) is 17.7 Å². The Morgan fingerprint density at radius 3 is 2.65 bits per heavy atom. The molecule has 1 saturated heterocycles. The number of ether oxygens (including phenoxy) is 2. The van der Waals surface area contributed by atoms with Crippen LogP contribution in [0, 0.1) is 5.82 Å². The maximum Gasteiger partial charge on any atom is 0.264 e. The van der Waals surface area contributed by atoms with Crippen molar-refractivity contribution in [1.82, 2.24) is 15.0 Å². The van der Waals surface area contributed by atoms with Crippen molar-refractivity contribution in [2.24, 2.45) is 0 Å². The summed E-state index contributed by atoms with van der Waals surface area (Å²) in [6.45, 7) is 1.37. The Bertz CT molecular complexity index is 1000. The number of aryl methyl sites for hydroxylation is 1. The highest BCUT2D eigenvalue weighted by atomic mass is 19.1. The molecule has 1 fully saturated rings. The van der Waals surface area contributed by atoms with Crippen LogP contribution in [-0.2, 0) is 17.8 Å². The minimum Gasteiger partial charge on any atom is -0.497 e. The van der Waals surface area contributed by atoms with Crippen molar-refractivity contribution in [2.45, 2.75) is 31.8 Å². The third-order valence-electron chi connectivity index (χ3n) is 5.35. The van der Waals surface area contributed by atoms with Gasteiger partial charge in [0.25, 0.3) is 5.89 Å². The van der Waals surface area contributed by atoms with Gasteiger partial charge in [0.2, 0.25) is 5.91 Å². The Kier molecular flexibility index (Phi) is 6.45. The summed E-state index contributed by atoms with van der Waals surface area (Å²) >= 11 is 0. The van der Waals surface area contributed by atoms with Crippen LogP contribution in [0.2, 0.25) is 0 Å². The van der Waals surface area contributed by atoms with E-state index in [1.165, 1.54) is 12.1 Å². The highest BCUT2D eigenvalue weighted by molar-refractivity contribution is 5.76. The van der Waals surface area contributed by atoms with Gasteiger partial charge in [0, 0.05) is 25.4 Å². The average Bonchev–Trinajstić information content (AvgIpc) is 3.47. The van der Waals surface area contributed by atoms with Gasteiger partial charge in [-0.2, -0.15) is 4.98 Å². The third-order valence-corrected chi connectivity index (χ3v) is 5.35. The van der Waals surface area contributed by atoms with Crippen LogP contribution in [0.3, 0.4) is 0 Å². The molecule has 0 aliphatic carbocycles. The number of likely N-dealkylation sites (tertiary alicyclic amines) is 1. The lowest BCUT2D eigenvalue weighted by Crippen LogP contribution is -2.28. The van der Waals surface area contributed by atoms with E-state index >= 15 is 0 Å². The quantitative estimate of drug-likeness (QED) is 0.547. The molecule has 8 heteroatoms. The molecule has 3 aromatic rings. The molecule has 0 saturated carbocycles. The normalized spacial score (nSPS) is 15.8. The van der Waals surface area contributed by atoms with Gasteiger partial charge in [-0.3, -0.25) is 4.79 Å². The number of carbonyl (C=O) groups excluding carboxylic acids is 1. The van der Waals surface area contributed by atoms with Crippen LogP contribution in [0.5, 0.6) is 11.5 Å². The average molecular weight is 425 g/mol. The van der Waals surface area contributed by atoms with Gasteiger partial charge in [0.15, 0.2) is 12.4 Å². The topological polar surface area (TPSA) is 77.7 Å². The molecule has 1 aromatic heterocycles. The zero-order valence-corrected chi connectivity index (χ0v) is 17.3. The monoisotopic (exact) mass is 425 g/mol. The number of benzene rings is 2. The van der Waals surface area contributed by atoms with Gasteiger partial charge in [0.05, 0.1) is 7.11 Å². The fraction of sp³-hybridized carbons (Fsp3) is 0.348. The molecule has 162 valence electrons. The van der Waals surface area contributed by atoms with Crippen LogP contribution in [0.4, 0.5) is 4.39 Å². The van der Waals surface area contributed by atoms with Gasteiger partial charge < -0.3 is 18.9 Å². The van der Waals surface area contributed by atoms with E-state index in [1.807, 2.05) is 29.2 Å². The first-order valence-corrected chi connectivity index (χ1v) is 10.2. The van der Waals surface area contributed by atoms with E-state index in [2.05, 4.69) is 10.1 Å². The number of amides is 1. The molecule has 7 nitrogen and oxygen atoms in total. The first-order chi connectivity index (χ1) is 15.1. The molecule has 1 aliphatic heterocycles. The lowest BCUT2D eigenvalue weighted by Gasteiger charge is -2.15. The molecule has 0 spiro atoms. The predicted octanol–water partition coefficient (Wildman–Crippen LogP) is 3.75. The number of carbonyl (C=O) groups is 1. The molecule has 1 unspecified atom stereocenters. The number of nitrogens with zero attached hydrogens (tertiary/aromatic N) is 3. The first kappa shape index (κ1) is 20.8. The lowest BCUT2D eigenvalue weighted by atomic mass is 10.1. The summed E-state index contributed by atoms with van der Waals surface area (Å²) in [4.78, 5) is 18.9. The molecule has 1 aliphatic rings. The summed E-state index contributed by atoms with van der Waals surface area (Å²) in [5.74, 6) is 2.12. The number of rotatable bonds is 8. The summed E-state index contributed by atoms with van der Waals surface area (Å²) in [7, 11) is 1.63. The van der Waals surface area contributed by atoms with Gasteiger partial charge in [-0.1, -0.05) is 17.3 Å². The van der Waals surface area contributed by atoms with E-state index in [-0.39, 0.29) is 24.2 Å². The molecule has 2 aromatic carbocycles. The summed E-state index contributed by atoms with van der Waals surface area (Å²) < 4.78 is 28.9. The van der Waals surface area contributed by atoms with Crippen LogP contribution in [-0.4, -0.2) is 41.1 Å². The number of halogens is 1. The Morgan fingerprint density at radius 1 is 1.16 bits per heavy atom. The largest absolute Gasteiger partial charge is 0.497 e. The standard InChI is InChI=1S/C23H24FN3O4/c1-29-19-7-2-16(3-8-19)4-11-22(28)27-13-12-17(14-27)23-25-21(31-26-23)15-30-20-9-5-18(24)6-10-20/h2-3,5-10,17H,4,11-15H2,1H3. The van der Waals surface area contributed by atoms with Crippen molar-refractivity contribution in [3.8, 4) is 11.5 Å². The molecule has 1 atom stereocenters. The van der Waals surface area contributed by atoms with Crippen molar-refractivity contribution in [3.05, 3.63) is 71.6 Å². The van der Waals surface area contributed by atoms with Crippen LogP contribution in [0.1, 0.15) is 36.0 Å². The minimum atomic E-state index is -0.322. The minimum absolute atomic E-state index is 0.0493. The van der Waals surface area contributed by atoms with Crippen LogP contribution in [0.15, 0.2) is 53.1 Å².